The molecule has 0 bridgehead atoms. The Morgan fingerprint density at radius 1 is 1.10 bits per heavy atom. The molecule has 31 heavy (non-hydrogen) atoms. The lowest BCUT2D eigenvalue weighted by atomic mass is 10.2. The van der Waals surface area contributed by atoms with Crippen molar-refractivity contribution < 1.29 is 18.3 Å². The fourth-order valence-electron chi connectivity index (χ4n) is 2.72. The maximum absolute atomic E-state index is 13.3. The van der Waals surface area contributed by atoms with Crippen LogP contribution in [0.1, 0.15) is 11.1 Å². The fraction of sp³-hybridized carbons (Fsp3) is 0.0909. The summed E-state index contributed by atoms with van der Waals surface area (Å²) < 4.78 is 28.3. The third-order valence-electron chi connectivity index (χ3n) is 4.32. The van der Waals surface area contributed by atoms with Crippen LogP contribution in [0.3, 0.4) is 0 Å². The molecule has 3 aromatic carbocycles. The number of hydrazone groups is 1. The predicted molar refractivity (Wildman–Crippen MR) is 124 cm³/mol. The molecule has 0 aliphatic carbocycles. The fourth-order valence-corrected chi connectivity index (χ4v) is 4.52. The molecule has 0 saturated carbocycles. The van der Waals surface area contributed by atoms with Crippen molar-refractivity contribution in [3.8, 4) is 5.75 Å². The van der Waals surface area contributed by atoms with Crippen molar-refractivity contribution in [3.05, 3.63) is 88.4 Å². The van der Waals surface area contributed by atoms with Crippen LogP contribution in [0.5, 0.6) is 5.75 Å². The van der Waals surface area contributed by atoms with Crippen molar-refractivity contribution in [3.63, 3.8) is 0 Å². The second-order valence-electron chi connectivity index (χ2n) is 6.66. The number of aryl methyl sites for hydroxylation is 1. The Labute approximate surface area is 189 Å². The number of hydrogen-bond donors (Lipinski definition) is 2. The SMILES string of the molecule is Cc1ccc(S(=O)(=O)N(CC(=O)N/N=C\c2ccccc2O)c2cccc(Br)c2)cc1. The van der Waals surface area contributed by atoms with Gasteiger partial charge in [0.2, 0.25) is 0 Å². The molecule has 1 amide bonds. The molecule has 0 fully saturated rings. The first-order valence-corrected chi connectivity index (χ1v) is 11.5. The predicted octanol–water partition coefficient (Wildman–Crippen LogP) is 3.81. The molecule has 0 aromatic heterocycles. The third-order valence-corrected chi connectivity index (χ3v) is 6.60. The van der Waals surface area contributed by atoms with Crippen molar-refractivity contribution in [2.75, 3.05) is 10.8 Å². The molecule has 3 aromatic rings. The minimum absolute atomic E-state index is 0.0122. The first-order chi connectivity index (χ1) is 14.8. The van der Waals surface area contributed by atoms with Crippen LogP contribution in [0.4, 0.5) is 5.69 Å². The number of para-hydroxylation sites is 1. The lowest BCUT2D eigenvalue weighted by molar-refractivity contribution is -0.119. The number of benzene rings is 3. The van der Waals surface area contributed by atoms with Gasteiger partial charge in [-0.15, -0.1) is 0 Å². The summed E-state index contributed by atoms with van der Waals surface area (Å²) in [5, 5.41) is 13.6. The first-order valence-electron chi connectivity index (χ1n) is 9.22. The number of carbonyl (C=O) groups excluding carboxylic acids is 1. The quantitative estimate of drug-likeness (QED) is 0.379. The van der Waals surface area contributed by atoms with Gasteiger partial charge in [0.05, 0.1) is 16.8 Å². The summed E-state index contributed by atoms with van der Waals surface area (Å²) in [6.07, 6.45) is 1.28. The van der Waals surface area contributed by atoms with Crippen LogP contribution in [0.25, 0.3) is 0 Å². The smallest absolute Gasteiger partial charge is 0.264 e. The molecule has 0 unspecified atom stereocenters. The first kappa shape index (κ1) is 22.5. The standard InChI is InChI=1S/C22H20BrN3O4S/c1-16-9-11-20(12-10-16)31(29,30)26(19-7-4-6-18(23)13-19)15-22(28)25-24-14-17-5-2-3-8-21(17)27/h2-14,27H,15H2,1H3,(H,25,28)/b24-14-. The molecule has 0 aliphatic heterocycles. The molecule has 0 saturated heterocycles. The molecule has 0 heterocycles. The summed E-state index contributed by atoms with van der Waals surface area (Å²) in [5.74, 6) is -0.624. The maximum Gasteiger partial charge on any atom is 0.264 e. The van der Waals surface area contributed by atoms with E-state index in [2.05, 4.69) is 26.5 Å². The molecular weight excluding hydrogens is 482 g/mol. The van der Waals surface area contributed by atoms with Crippen LogP contribution in [-0.2, 0) is 14.8 Å². The molecule has 2 N–H and O–H groups in total. The van der Waals surface area contributed by atoms with E-state index in [4.69, 9.17) is 0 Å². The highest BCUT2D eigenvalue weighted by Gasteiger charge is 2.27. The van der Waals surface area contributed by atoms with Gasteiger partial charge < -0.3 is 5.11 Å². The molecule has 0 spiro atoms. The number of halogens is 1. The van der Waals surface area contributed by atoms with Gasteiger partial charge in [-0.05, 0) is 49.4 Å². The largest absolute Gasteiger partial charge is 0.507 e. The highest BCUT2D eigenvalue weighted by molar-refractivity contribution is 9.10. The highest BCUT2D eigenvalue weighted by Crippen LogP contribution is 2.26. The Hall–Kier alpha value is -3.17. The number of nitrogens with one attached hydrogen (secondary N) is 1. The number of hydrogen-bond acceptors (Lipinski definition) is 5. The average Bonchev–Trinajstić information content (AvgIpc) is 2.73. The lowest BCUT2D eigenvalue weighted by Crippen LogP contribution is -2.39. The van der Waals surface area contributed by atoms with E-state index >= 15 is 0 Å². The van der Waals surface area contributed by atoms with E-state index in [0.717, 1.165) is 9.87 Å². The van der Waals surface area contributed by atoms with Crippen LogP contribution in [-0.4, -0.2) is 32.2 Å². The van der Waals surface area contributed by atoms with Gasteiger partial charge in [0, 0.05) is 10.0 Å². The molecular formula is C22H20BrN3O4S. The van der Waals surface area contributed by atoms with Crippen LogP contribution in [0.2, 0.25) is 0 Å². The van der Waals surface area contributed by atoms with E-state index in [0.29, 0.717) is 15.7 Å². The average molecular weight is 502 g/mol. The Morgan fingerprint density at radius 3 is 2.48 bits per heavy atom. The van der Waals surface area contributed by atoms with Gasteiger partial charge in [0.25, 0.3) is 15.9 Å². The van der Waals surface area contributed by atoms with Crippen molar-refractivity contribution in [2.24, 2.45) is 5.10 Å². The minimum atomic E-state index is -4.01. The van der Waals surface area contributed by atoms with Crippen LogP contribution >= 0.6 is 15.9 Å². The number of phenolic OH excluding ortho intramolecular Hbond substituents is 1. The second kappa shape index (κ2) is 9.76. The van der Waals surface area contributed by atoms with Crippen molar-refractivity contribution in [1.82, 2.24) is 5.43 Å². The van der Waals surface area contributed by atoms with Gasteiger partial charge in [-0.3, -0.25) is 9.10 Å². The summed E-state index contributed by atoms with van der Waals surface area (Å²) in [4.78, 5) is 12.6. The summed E-state index contributed by atoms with van der Waals surface area (Å²) in [5.41, 5.74) is 3.97. The van der Waals surface area contributed by atoms with E-state index in [1.807, 2.05) is 6.92 Å². The van der Waals surface area contributed by atoms with Gasteiger partial charge in [-0.2, -0.15) is 5.10 Å². The van der Waals surface area contributed by atoms with Crippen molar-refractivity contribution in [1.29, 1.82) is 0 Å². The van der Waals surface area contributed by atoms with Crippen LogP contribution in [0, 0.1) is 6.92 Å². The summed E-state index contributed by atoms with van der Waals surface area (Å²) in [6.45, 7) is 1.38. The number of rotatable bonds is 7. The summed E-state index contributed by atoms with van der Waals surface area (Å²) in [6, 6.07) is 19.6. The molecule has 0 aliphatic rings. The van der Waals surface area contributed by atoms with Gasteiger partial charge in [0.1, 0.15) is 12.3 Å². The van der Waals surface area contributed by atoms with E-state index in [1.54, 1.807) is 54.6 Å². The monoisotopic (exact) mass is 501 g/mol. The molecule has 160 valence electrons. The highest BCUT2D eigenvalue weighted by atomic mass is 79.9. The van der Waals surface area contributed by atoms with Gasteiger partial charge >= 0.3 is 0 Å². The number of anilines is 1. The second-order valence-corrected chi connectivity index (χ2v) is 9.43. The van der Waals surface area contributed by atoms with Crippen molar-refractivity contribution >= 4 is 43.8 Å². The van der Waals surface area contributed by atoms with E-state index in [9.17, 15) is 18.3 Å². The number of aromatic hydroxyl groups is 1. The number of carbonyl (C=O) groups is 1. The number of phenols is 1. The number of nitrogens with zero attached hydrogens (tertiary/aromatic N) is 2. The molecule has 3 rings (SSSR count). The number of sulfonamides is 1. The Kier molecular flexibility index (Phi) is 7.09. The Balaban J connectivity index is 1.86. The molecule has 9 heteroatoms. The molecule has 0 atom stereocenters. The molecule has 7 nitrogen and oxygen atoms in total. The van der Waals surface area contributed by atoms with Gasteiger partial charge in [-0.25, -0.2) is 13.8 Å². The van der Waals surface area contributed by atoms with E-state index in [1.165, 1.54) is 24.4 Å². The summed E-state index contributed by atoms with van der Waals surface area (Å²) in [7, 11) is -4.01. The van der Waals surface area contributed by atoms with Gasteiger partial charge in [0.15, 0.2) is 0 Å². The Bertz CT molecular complexity index is 1210. The zero-order valence-electron chi connectivity index (χ0n) is 16.6. The number of amides is 1. The maximum atomic E-state index is 13.3. The van der Waals surface area contributed by atoms with E-state index in [-0.39, 0.29) is 10.6 Å². The van der Waals surface area contributed by atoms with E-state index < -0.39 is 22.5 Å². The topological polar surface area (TPSA) is 99.1 Å². The Morgan fingerprint density at radius 2 is 1.81 bits per heavy atom. The lowest BCUT2D eigenvalue weighted by Gasteiger charge is -2.24. The van der Waals surface area contributed by atoms with Crippen molar-refractivity contribution in [2.45, 2.75) is 11.8 Å². The summed E-state index contributed by atoms with van der Waals surface area (Å²) >= 11 is 3.33. The minimum Gasteiger partial charge on any atom is -0.507 e. The van der Waals surface area contributed by atoms with Crippen LogP contribution in [0.15, 0.2) is 87.3 Å². The molecule has 0 radical (unpaired) electrons. The normalized spacial score (nSPS) is 11.4. The zero-order valence-corrected chi connectivity index (χ0v) is 19.0. The third kappa shape index (κ3) is 5.71. The van der Waals surface area contributed by atoms with Crippen LogP contribution < -0.4 is 9.73 Å². The zero-order chi connectivity index (χ0) is 22.4. The van der Waals surface area contributed by atoms with Gasteiger partial charge in [-0.1, -0.05) is 51.8 Å².